The Labute approximate surface area is 122 Å². The second-order valence-corrected chi connectivity index (χ2v) is 4.94. The molecule has 0 radical (unpaired) electrons. The minimum atomic E-state index is -0.894. The second-order valence-electron chi connectivity index (χ2n) is 4.94. The number of hydrogen-bond donors (Lipinski definition) is 2. The Balaban J connectivity index is 2.06. The van der Waals surface area contributed by atoms with E-state index in [2.05, 4.69) is 10.3 Å². The number of carboxylic acids is 1. The summed E-state index contributed by atoms with van der Waals surface area (Å²) >= 11 is 0. The highest BCUT2D eigenvalue weighted by Crippen LogP contribution is 2.20. The third-order valence-electron chi connectivity index (χ3n) is 3.02. The number of carbonyl (C=O) groups is 2. The second kappa shape index (κ2) is 6.69. The largest absolute Gasteiger partial charge is 0.481 e. The molecule has 2 N–H and O–H groups in total. The highest BCUT2D eigenvalue weighted by Gasteiger charge is 2.14. The molecule has 1 atom stereocenters. The van der Waals surface area contributed by atoms with Crippen LogP contribution in [0.15, 0.2) is 43.0 Å². The molecule has 110 valence electrons. The van der Waals surface area contributed by atoms with Gasteiger partial charge in [-0.05, 0) is 18.1 Å². The Hall–Kier alpha value is -2.63. The van der Waals surface area contributed by atoms with E-state index >= 15 is 0 Å². The fourth-order valence-corrected chi connectivity index (χ4v) is 2.09. The summed E-state index contributed by atoms with van der Waals surface area (Å²) in [6, 6.07) is 7.38. The lowest BCUT2D eigenvalue weighted by Gasteiger charge is -2.13. The summed E-state index contributed by atoms with van der Waals surface area (Å²) in [5.74, 6) is -1.30. The molecule has 0 aliphatic carbocycles. The number of carbonyl (C=O) groups excluding carboxylic acids is 1. The molecule has 0 saturated carbocycles. The summed E-state index contributed by atoms with van der Waals surface area (Å²) < 4.78 is 1.80. The van der Waals surface area contributed by atoms with E-state index in [4.69, 9.17) is 5.11 Å². The van der Waals surface area contributed by atoms with Crippen molar-refractivity contribution in [3.05, 3.63) is 43.0 Å². The van der Waals surface area contributed by atoms with Gasteiger partial charge in [-0.25, -0.2) is 4.98 Å². The predicted molar refractivity (Wildman–Crippen MR) is 78.2 cm³/mol. The number of nitrogens with one attached hydrogen (secondary N) is 1. The molecule has 2 rings (SSSR count). The normalized spacial score (nSPS) is 11.9. The molecule has 0 aliphatic rings. The molecular weight excluding hydrogens is 270 g/mol. The molecule has 0 bridgehead atoms. The lowest BCUT2D eigenvalue weighted by atomic mass is 10.0. The number of nitrogens with zero attached hydrogens (tertiary/aromatic N) is 2. The van der Waals surface area contributed by atoms with Crippen molar-refractivity contribution in [2.24, 2.45) is 5.92 Å². The maximum Gasteiger partial charge on any atom is 0.303 e. The van der Waals surface area contributed by atoms with Crippen LogP contribution in [-0.2, 0) is 9.59 Å². The Morgan fingerprint density at radius 2 is 2.10 bits per heavy atom. The fraction of sp³-hybridized carbons (Fsp3) is 0.267. The number of benzene rings is 1. The maximum atomic E-state index is 12.0. The number of aromatic nitrogens is 2. The van der Waals surface area contributed by atoms with Crippen LogP contribution < -0.4 is 5.32 Å². The van der Waals surface area contributed by atoms with Crippen LogP contribution in [0.4, 0.5) is 5.69 Å². The summed E-state index contributed by atoms with van der Waals surface area (Å²) in [5, 5.41) is 11.5. The van der Waals surface area contributed by atoms with Gasteiger partial charge in [0, 0.05) is 25.2 Å². The molecule has 0 spiro atoms. The number of para-hydroxylation sites is 2. The van der Waals surface area contributed by atoms with Gasteiger partial charge >= 0.3 is 5.97 Å². The fourth-order valence-electron chi connectivity index (χ4n) is 2.09. The molecule has 0 saturated heterocycles. The van der Waals surface area contributed by atoms with Crippen LogP contribution >= 0.6 is 0 Å². The van der Waals surface area contributed by atoms with Gasteiger partial charge < -0.3 is 15.0 Å². The number of anilines is 1. The highest BCUT2D eigenvalue weighted by molar-refractivity contribution is 5.93. The summed E-state index contributed by atoms with van der Waals surface area (Å²) in [4.78, 5) is 26.6. The van der Waals surface area contributed by atoms with Gasteiger partial charge in [0.15, 0.2) is 0 Å². The van der Waals surface area contributed by atoms with E-state index in [-0.39, 0.29) is 24.7 Å². The van der Waals surface area contributed by atoms with Crippen LogP contribution in [0.1, 0.15) is 19.8 Å². The zero-order valence-corrected chi connectivity index (χ0v) is 11.7. The van der Waals surface area contributed by atoms with E-state index < -0.39 is 5.97 Å². The first-order valence-corrected chi connectivity index (χ1v) is 6.65. The van der Waals surface area contributed by atoms with E-state index in [1.807, 2.05) is 18.2 Å². The molecule has 6 nitrogen and oxygen atoms in total. The van der Waals surface area contributed by atoms with Crippen molar-refractivity contribution in [1.29, 1.82) is 0 Å². The van der Waals surface area contributed by atoms with Gasteiger partial charge in [0.2, 0.25) is 5.91 Å². The number of rotatable bonds is 6. The maximum absolute atomic E-state index is 12.0. The quantitative estimate of drug-likeness (QED) is 0.854. The van der Waals surface area contributed by atoms with Crippen molar-refractivity contribution in [3.8, 4) is 5.69 Å². The molecule has 2 aromatic rings. The lowest BCUT2D eigenvalue weighted by Crippen LogP contribution is -2.17. The number of hydrogen-bond acceptors (Lipinski definition) is 3. The van der Waals surface area contributed by atoms with E-state index in [0.29, 0.717) is 5.69 Å². The van der Waals surface area contributed by atoms with Crippen molar-refractivity contribution >= 4 is 17.6 Å². The first-order chi connectivity index (χ1) is 10.1. The van der Waals surface area contributed by atoms with Crippen molar-refractivity contribution in [2.75, 3.05) is 5.32 Å². The van der Waals surface area contributed by atoms with Crippen LogP contribution in [0.5, 0.6) is 0 Å². The zero-order valence-electron chi connectivity index (χ0n) is 11.7. The van der Waals surface area contributed by atoms with Gasteiger partial charge in [0.05, 0.1) is 17.7 Å². The zero-order chi connectivity index (χ0) is 15.2. The summed E-state index contributed by atoms with van der Waals surface area (Å²) in [5.41, 5.74) is 1.48. The monoisotopic (exact) mass is 287 g/mol. The van der Waals surface area contributed by atoms with Crippen LogP contribution in [-0.4, -0.2) is 26.5 Å². The lowest BCUT2D eigenvalue weighted by molar-refractivity contribution is -0.138. The average Bonchev–Trinajstić information content (AvgIpc) is 2.91. The van der Waals surface area contributed by atoms with Crippen LogP contribution in [0.3, 0.4) is 0 Å². The molecule has 0 aliphatic heterocycles. The first-order valence-electron chi connectivity index (χ1n) is 6.65. The van der Waals surface area contributed by atoms with Gasteiger partial charge in [-0.2, -0.15) is 0 Å². The van der Waals surface area contributed by atoms with Crippen molar-refractivity contribution < 1.29 is 14.7 Å². The SMILES string of the molecule is CC(CC(=O)O)CC(=O)Nc1ccccc1-n1ccnc1. The molecule has 21 heavy (non-hydrogen) atoms. The molecule has 1 unspecified atom stereocenters. The Morgan fingerprint density at radius 3 is 2.76 bits per heavy atom. The molecular formula is C15H17N3O3. The number of carboxylic acid groups (broad SMARTS) is 1. The summed E-state index contributed by atoms with van der Waals surface area (Å²) in [6.07, 6.45) is 5.25. The predicted octanol–water partition coefficient (Wildman–Crippen LogP) is 2.31. The van der Waals surface area contributed by atoms with Crippen molar-refractivity contribution in [3.63, 3.8) is 0 Å². The van der Waals surface area contributed by atoms with Crippen LogP contribution in [0.25, 0.3) is 5.69 Å². The molecule has 1 heterocycles. The number of amides is 1. The summed E-state index contributed by atoms with van der Waals surface area (Å²) in [6.45, 7) is 1.75. The smallest absolute Gasteiger partial charge is 0.303 e. The van der Waals surface area contributed by atoms with Gasteiger partial charge in [0.1, 0.15) is 0 Å². The molecule has 1 aromatic carbocycles. The molecule has 1 amide bonds. The minimum absolute atomic E-state index is 0.0173. The topological polar surface area (TPSA) is 84.2 Å². The minimum Gasteiger partial charge on any atom is -0.481 e. The average molecular weight is 287 g/mol. The number of aliphatic carboxylic acids is 1. The van der Waals surface area contributed by atoms with Gasteiger partial charge in [0.25, 0.3) is 0 Å². The van der Waals surface area contributed by atoms with Gasteiger partial charge in [-0.1, -0.05) is 19.1 Å². The van der Waals surface area contributed by atoms with E-state index in [0.717, 1.165) is 5.69 Å². The van der Waals surface area contributed by atoms with Gasteiger partial charge in [-0.15, -0.1) is 0 Å². The van der Waals surface area contributed by atoms with Crippen molar-refractivity contribution in [2.45, 2.75) is 19.8 Å². The van der Waals surface area contributed by atoms with Crippen LogP contribution in [0, 0.1) is 5.92 Å². The Bertz CT molecular complexity index is 623. The molecule has 1 aromatic heterocycles. The molecule has 0 fully saturated rings. The highest BCUT2D eigenvalue weighted by atomic mass is 16.4. The van der Waals surface area contributed by atoms with E-state index in [9.17, 15) is 9.59 Å². The summed E-state index contributed by atoms with van der Waals surface area (Å²) in [7, 11) is 0. The van der Waals surface area contributed by atoms with Crippen molar-refractivity contribution in [1.82, 2.24) is 9.55 Å². The van der Waals surface area contributed by atoms with Crippen LogP contribution in [0.2, 0.25) is 0 Å². The number of imidazole rings is 1. The third-order valence-corrected chi connectivity index (χ3v) is 3.02. The molecule has 6 heteroatoms. The Morgan fingerprint density at radius 1 is 1.33 bits per heavy atom. The Kier molecular flexibility index (Phi) is 4.71. The first kappa shape index (κ1) is 14.8. The van der Waals surface area contributed by atoms with E-state index in [1.54, 1.807) is 36.3 Å². The third kappa shape index (κ3) is 4.17. The van der Waals surface area contributed by atoms with E-state index in [1.165, 1.54) is 0 Å². The standard InChI is InChI=1S/C15H17N3O3/c1-11(9-15(20)21)8-14(19)17-12-4-2-3-5-13(12)18-7-6-16-10-18/h2-7,10-11H,8-9H2,1H3,(H,17,19)(H,20,21). The van der Waals surface area contributed by atoms with Gasteiger partial charge in [-0.3, -0.25) is 9.59 Å².